The predicted molar refractivity (Wildman–Crippen MR) is 79.9 cm³/mol. The van der Waals surface area contributed by atoms with E-state index in [1.54, 1.807) is 0 Å². The zero-order chi connectivity index (χ0) is 13.0. The number of nitrogens with one attached hydrogen (secondary N) is 1. The highest BCUT2D eigenvalue weighted by Crippen LogP contribution is 2.23. The summed E-state index contributed by atoms with van der Waals surface area (Å²) in [4.78, 5) is 3.56. The highest BCUT2D eigenvalue weighted by Gasteiger charge is 2.12. The van der Waals surface area contributed by atoms with E-state index in [-0.39, 0.29) is 0 Å². The van der Waals surface area contributed by atoms with Crippen LogP contribution >= 0.6 is 0 Å². The van der Waals surface area contributed by atoms with E-state index in [0.29, 0.717) is 0 Å². The quantitative estimate of drug-likeness (QED) is 0.800. The fourth-order valence-corrected chi connectivity index (χ4v) is 2.70. The van der Waals surface area contributed by atoms with Gasteiger partial charge in [-0.1, -0.05) is 37.8 Å². The van der Waals surface area contributed by atoms with Gasteiger partial charge in [-0.3, -0.25) is 0 Å². The molecule has 0 aromatic heterocycles. The summed E-state index contributed by atoms with van der Waals surface area (Å²) >= 11 is 0. The molecule has 0 spiro atoms. The molecule has 1 N–H and O–H groups in total. The molecule has 0 aliphatic carbocycles. The van der Waals surface area contributed by atoms with Gasteiger partial charge in [0.05, 0.1) is 0 Å². The first-order valence-electron chi connectivity index (χ1n) is 6.14. The SMILES string of the molecule is C[Si](C)(C)Nc1ccc(Oc2ccccc2)cc1. The Morgan fingerprint density at radius 1 is 0.778 bits per heavy atom. The summed E-state index contributed by atoms with van der Waals surface area (Å²) < 4.78 is 5.75. The van der Waals surface area contributed by atoms with Crippen molar-refractivity contribution in [3.63, 3.8) is 0 Å². The third-order valence-electron chi connectivity index (χ3n) is 2.35. The summed E-state index contributed by atoms with van der Waals surface area (Å²) in [6.45, 7) is 6.84. The number of anilines is 1. The summed E-state index contributed by atoms with van der Waals surface area (Å²) in [6, 6.07) is 17.9. The minimum atomic E-state index is -1.28. The molecule has 0 aliphatic rings. The number of hydrogen-bond acceptors (Lipinski definition) is 2. The fourth-order valence-electron chi connectivity index (χ4n) is 1.66. The molecule has 0 bridgehead atoms. The highest BCUT2D eigenvalue weighted by molar-refractivity contribution is 6.79. The van der Waals surface area contributed by atoms with E-state index in [9.17, 15) is 0 Å². The van der Waals surface area contributed by atoms with Crippen molar-refractivity contribution in [2.45, 2.75) is 19.6 Å². The number of ether oxygens (including phenoxy) is 1. The number of rotatable bonds is 4. The van der Waals surface area contributed by atoms with Gasteiger partial charge in [0.25, 0.3) is 0 Å². The van der Waals surface area contributed by atoms with E-state index in [0.717, 1.165) is 17.2 Å². The van der Waals surface area contributed by atoms with Crippen LogP contribution in [0.5, 0.6) is 11.5 Å². The Morgan fingerprint density at radius 3 is 1.89 bits per heavy atom. The van der Waals surface area contributed by atoms with Gasteiger partial charge in [-0.25, -0.2) is 0 Å². The Morgan fingerprint density at radius 2 is 1.33 bits per heavy atom. The molecule has 94 valence electrons. The van der Waals surface area contributed by atoms with Gasteiger partial charge in [-0.2, -0.15) is 0 Å². The molecule has 0 saturated heterocycles. The first-order chi connectivity index (χ1) is 8.53. The average molecular weight is 257 g/mol. The van der Waals surface area contributed by atoms with Gasteiger partial charge < -0.3 is 9.72 Å². The van der Waals surface area contributed by atoms with Crippen LogP contribution in [0.4, 0.5) is 5.69 Å². The van der Waals surface area contributed by atoms with E-state index in [1.807, 2.05) is 42.5 Å². The molecule has 18 heavy (non-hydrogen) atoms. The van der Waals surface area contributed by atoms with Gasteiger partial charge in [-0.15, -0.1) is 0 Å². The Labute approximate surface area is 110 Å². The topological polar surface area (TPSA) is 21.3 Å². The summed E-state index contributed by atoms with van der Waals surface area (Å²) in [6.07, 6.45) is 0. The van der Waals surface area contributed by atoms with Crippen LogP contribution in [-0.4, -0.2) is 8.24 Å². The second-order valence-electron chi connectivity index (χ2n) is 5.31. The molecule has 0 atom stereocenters. The van der Waals surface area contributed by atoms with Crippen LogP contribution in [-0.2, 0) is 0 Å². The van der Waals surface area contributed by atoms with Crippen molar-refractivity contribution in [1.82, 2.24) is 0 Å². The predicted octanol–water partition coefficient (Wildman–Crippen LogP) is 4.73. The van der Waals surface area contributed by atoms with E-state index < -0.39 is 8.24 Å². The minimum Gasteiger partial charge on any atom is -0.457 e. The smallest absolute Gasteiger partial charge is 0.144 e. The monoisotopic (exact) mass is 257 g/mol. The molecule has 2 nitrogen and oxygen atoms in total. The summed E-state index contributed by atoms with van der Waals surface area (Å²) in [5, 5.41) is 0. The Hall–Kier alpha value is -1.74. The standard InChI is InChI=1S/C15H19NOSi/c1-18(2,3)16-13-9-11-15(12-10-13)17-14-7-5-4-6-8-14/h4-12,16H,1-3H3. The zero-order valence-corrected chi connectivity index (χ0v) is 12.1. The number of para-hydroxylation sites is 1. The van der Waals surface area contributed by atoms with E-state index in [4.69, 9.17) is 4.74 Å². The molecule has 0 aliphatic heterocycles. The Bertz CT molecular complexity index is 488. The third-order valence-corrected chi connectivity index (χ3v) is 3.39. The molecule has 3 heteroatoms. The van der Waals surface area contributed by atoms with Crippen molar-refractivity contribution < 1.29 is 4.74 Å². The first kappa shape index (κ1) is 12.7. The third kappa shape index (κ3) is 3.93. The van der Waals surface area contributed by atoms with Gasteiger partial charge in [0.2, 0.25) is 0 Å². The van der Waals surface area contributed by atoms with Crippen LogP contribution in [0.1, 0.15) is 0 Å². The highest BCUT2D eigenvalue weighted by atomic mass is 28.3. The molecule has 0 amide bonds. The number of benzene rings is 2. The average Bonchev–Trinajstić information content (AvgIpc) is 2.31. The lowest BCUT2D eigenvalue weighted by Gasteiger charge is -2.19. The lowest BCUT2D eigenvalue weighted by Crippen LogP contribution is -2.32. The van der Waals surface area contributed by atoms with Crippen LogP contribution in [0.15, 0.2) is 54.6 Å². The normalized spacial score (nSPS) is 11.1. The Kier molecular flexibility index (Phi) is 3.72. The van der Waals surface area contributed by atoms with Gasteiger partial charge in [-0.05, 0) is 36.4 Å². The summed E-state index contributed by atoms with van der Waals surface area (Å²) in [5.41, 5.74) is 1.16. The molecular weight excluding hydrogens is 238 g/mol. The summed E-state index contributed by atoms with van der Waals surface area (Å²) in [7, 11) is -1.28. The zero-order valence-electron chi connectivity index (χ0n) is 11.1. The van der Waals surface area contributed by atoms with Crippen molar-refractivity contribution in [3.05, 3.63) is 54.6 Å². The summed E-state index contributed by atoms with van der Waals surface area (Å²) in [5.74, 6) is 1.73. The maximum atomic E-state index is 5.75. The molecule has 0 fully saturated rings. The first-order valence-corrected chi connectivity index (χ1v) is 9.64. The van der Waals surface area contributed by atoms with Gasteiger partial charge in [0.1, 0.15) is 19.7 Å². The van der Waals surface area contributed by atoms with Crippen LogP contribution in [0.25, 0.3) is 0 Å². The maximum Gasteiger partial charge on any atom is 0.144 e. The largest absolute Gasteiger partial charge is 0.457 e. The molecule has 2 rings (SSSR count). The molecule has 0 heterocycles. The van der Waals surface area contributed by atoms with Gasteiger partial charge in [0.15, 0.2) is 0 Å². The molecule has 2 aromatic carbocycles. The molecule has 0 saturated carbocycles. The van der Waals surface area contributed by atoms with Crippen LogP contribution in [0.2, 0.25) is 19.6 Å². The van der Waals surface area contributed by atoms with Crippen molar-refractivity contribution in [2.75, 3.05) is 4.98 Å². The van der Waals surface area contributed by atoms with Gasteiger partial charge >= 0.3 is 0 Å². The van der Waals surface area contributed by atoms with Crippen molar-refractivity contribution in [3.8, 4) is 11.5 Å². The van der Waals surface area contributed by atoms with E-state index in [2.05, 4.69) is 36.8 Å². The maximum absolute atomic E-state index is 5.75. The fraction of sp³-hybridized carbons (Fsp3) is 0.200. The second-order valence-corrected chi connectivity index (χ2v) is 10.1. The second kappa shape index (κ2) is 5.27. The van der Waals surface area contributed by atoms with Crippen LogP contribution in [0.3, 0.4) is 0 Å². The van der Waals surface area contributed by atoms with Crippen LogP contribution in [0, 0.1) is 0 Å². The molecule has 2 aromatic rings. The van der Waals surface area contributed by atoms with Crippen molar-refractivity contribution >= 4 is 13.9 Å². The molecular formula is C15H19NOSi. The van der Waals surface area contributed by atoms with Gasteiger partial charge in [0, 0.05) is 5.69 Å². The molecule has 0 unspecified atom stereocenters. The lowest BCUT2D eigenvalue weighted by molar-refractivity contribution is 0.483. The molecule has 0 radical (unpaired) electrons. The lowest BCUT2D eigenvalue weighted by atomic mass is 10.3. The van der Waals surface area contributed by atoms with Crippen molar-refractivity contribution in [1.29, 1.82) is 0 Å². The number of hydrogen-bond donors (Lipinski definition) is 1. The van der Waals surface area contributed by atoms with E-state index in [1.165, 1.54) is 0 Å². The minimum absolute atomic E-state index is 0.863. The van der Waals surface area contributed by atoms with Crippen molar-refractivity contribution in [2.24, 2.45) is 0 Å². The van der Waals surface area contributed by atoms with E-state index >= 15 is 0 Å². The Balaban J connectivity index is 2.04. The van der Waals surface area contributed by atoms with Crippen LogP contribution < -0.4 is 9.72 Å².